The number of aryl methyl sites for hydroxylation is 1. The lowest BCUT2D eigenvalue weighted by molar-refractivity contribution is -0.129. The molecule has 0 aliphatic rings. The van der Waals surface area contributed by atoms with E-state index in [4.69, 9.17) is 4.74 Å². The highest BCUT2D eigenvalue weighted by atomic mass is 16.5. The first-order chi connectivity index (χ1) is 13.3. The van der Waals surface area contributed by atoms with E-state index < -0.39 is 11.4 Å². The molecule has 5 heteroatoms. The van der Waals surface area contributed by atoms with Crippen LogP contribution in [0.4, 0.5) is 0 Å². The molecule has 28 heavy (non-hydrogen) atoms. The molecule has 0 aliphatic carbocycles. The van der Waals surface area contributed by atoms with Gasteiger partial charge in [-0.2, -0.15) is 5.10 Å². The van der Waals surface area contributed by atoms with Crippen molar-refractivity contribution in [2.75, 3.05) is 6.61 Å². The van der Waals surface area contributed by atoms with E-state index in [1.807, 2.05) is 61.5 Å². The fourth-order valence-corrected chi connectivity index (χ4v) is 2.59. The number of ether oxygens (including phenoxy) is 1. The second-order valence-electron chi connectivity index (χ2n) is 7.79. The molecule has 1 aromatic heterocycles. The van der Waals surface area contributed by atoms with Crippen LogP contribution in [-0.4, -0.2) is 28.1 Å². The van der Waals surface area contributed by atoms with E-state index >= 15 is 0 Å². The third-order valence-electron chi connectivity index (χ3n) is 4.45. The molecular weight excluding hydrogens is 352 g/mol. The second-order valence-corrected chi connectivity index (χ2v) is 7.79. The molecule has 3 rings (SSSR count). The van der Waals surface area contributed by atoms with Crippen LogP contribution in [0.15, 0.2) is 60.8 Å². The Kier molecular flexibility index (Phi) is 5.45. The Morgan fingerprint density at radius 1 is 1.00 bits per heavy atom. The molecule has 0 spiro atoms. The van der Waals surface area contributed by atoms with Crippen LogP contribution in [0.25, 0.3) is 16.9 Å². The minimum absolute atomic E-state index is 0.131. The van der Waals surface area contributed by atoms with Gasteiger partial charge in [0.25, 0.3) is 0 Å². The maximum atomic E-state index is 12.8. The summed E-state index contributed by atoms with van der Waals surface area (Å²) in [6, 6.07) is 17.3. The summed E-state index contributed by atoms with van der Waals surface area (Å²) in [5.74, 6) is -0.691. The number of rotatable bonds is 5. The van der Waals surface area contributed by atoms with Gasteiger partial charge in [0.2, 0.25) is 0 Å². The molecule has 5 nitrogen and oxygen atoms in total. The van der Waals surface area contributed by atoms with E-state index in [9.17, 15) is 9.59 Å². The molecule has 3 aromatic rings. The number of ketones is 1. The molecule has 0 saturated carbocycles. The van der Waals surface area contributed by atoms with E-state index in [0.29, 0.717) is 11.3 Å². The Labute approximate surface area is 165 Å². The summed E-state index contributed by atoms with van der Waals surface area (Å²) < 4.78 is 6.96. The maximum Gasteiger partial charge on any atom is 0.342 e. The molecule has 0 N–H and O–H groups in total. The van der Waals surface area contributed by atoms with Gasteiger partial charge in [0, 0.05) is 17.2 Å². The number of hydrogen-bond acceptors (Lipinski definition) is 4. The first kappa shape index (κ1) is 19.5. The van der Waals surface area contributed by atoms with Crippen molar-refractivity contribution in [1.82, 2.24) is 9.78 Å². The molecule has 2 aromatic carbocycles. The molecule has 0 fully saturated rings. The zero-order chi connectivity index (χ0) is 20.3. The molecule has 144 valence electrons. The summed E-state index contributed by atoms with van der Waals surface area (Å²) >= 11 is 0. The quantitative estimate of drug-likeness (QED) is 0.610. The Bertz CT molecular complexity index is 981. The summed E-state index contributed by atoms with van der Waals surface area (Å²) in [5.41, 5.74) is 3.06. The molecule has 0 amide bonds. The van der Waals surface area contributed by atoms with Gasteiger partial charge < -0.3 is 4.74 Å². The van der Waals surface area contributed by atoms with Gasteiger partial charge in [-0.15, -0.1) is 0 Å². The molecule has 1 heterocycles. The van der Waals surface area contributed by atoms with Crippen LogP contribution >= 0.6 is 0 Å². The number of nitrogens with zero attached hydrogens (tertiary/aromatic N) is 2. The monoisotopic (exact) mass is 376 g/mol. The number of esters is 1. The third-order valence-corrected chi connectivity index (χ3v) is 4.45. The first-order valence-electron chi connectivity index (χ1n) is 9.18. The van der Waals surface area contributed by atoms with Gasteiger partial charge in [-0.3, -0.25) is 4.79 Å². The van der Waals surface area contributed by atoms with Crippen molar-refractivity contribution < 1.29 is 14.3 Å². The third kappa shape index (κ3) is 4.36. The van der Waals surface area contributed by atoms with Crippen LogP contribution in [0, 0.1) is 12.3 Å². The number of para-hydroxylation sites is 1. The van der Waals surface area contributed by atoms with Gasteiger partial charge in [-0.25, -0.2) is 9.48 Å². The SMILES string of the molecule is Cc1ccc(-c2nn(-c3ccccc3)cc2C(=O)OCC(=O)C(C)(C)C)cc1. The van der Waals surface area contributed by atoms with E-state index in [0.717, 1.165) is 16.8 Å². The molecule has 0 saturated heterocycles. The lowest BCUT2D eigenvalue weighted by Gasteiger charge is -2.16. The number of hydrogen-bond donors (Lipinski definition) is 0. The summed E-state index contributed by atoms with van der Waals surface area (Å²) in [6.45, 7) is 7.14. The highest BCUT2D eigenvalue weighted by Gasteiger charge is 2.25. The summed E-state index contributed by atoms with van der Waals surface area (Å²) in [7, 11) is 0. The molecular formula is C23H24N2O3. The molecule has 0 radical (unpaired) electrons. The van der Waals surface area contributed by atoms with Crippen LogP contribution in [0.2, 0.25) is 0 Å². The lowest BCUT2D eigenvalue weighted by Crippen LogP contribution is -2.26. The molecule has 0 aliphatic heterocycles. The van der Waals surface area contributed by atoms with E-state index in [-0.39, 0.29) is 12.4 Å². The Morgan fingerprint density at radius 2 is 1.64 bits per heavy atom. The van der Waals surface area contributed by atoms with E-state index in [2.05, 4.69) is 5.10 Å². The number of carbonyl (C=O) groups excluding carboxylic acids is 2. The van der Waals surface area contributed by atoms with Gasteiger partial charge in [0.1, 0.15) is 11.3 Å². The van der Waals surface area contributed by atoms with Crippen LogP contribution in [0.5, 0.6) is 0 Å². The number of carbonyl (C=O) groups is 2. The molecule has 0 unspecified atom stereocenters. The minimum atomic E-state index is -0.561. The summed E-state index contributed by atoms with van der Waals surface area (Å²) in [4.78, 5) is 24.9. The smallest absolute Gasteiger partial charge is 0.342 e. The lowest BCUT2D eigenvalue weighted by atomic mass is 9.91. The largest absolute Gasteiger partial charge is 0.454 e. The van der Waals surface area contributed by atoms with Crippen LogP contribution in [0.3, 0.4) is 0 Å². The second kappa shape index (κ2) is 7.80. The van der Waals surface area contributed by atoms with Crippen LogP contribution in [-0.2, 0) is 9.53 Å². The van der Waals surface area contributed by atoms with Crippen LogP contribution in [0.1, 0.15) is 36.7 Å². The summed E-state index contributed by atoms with van der Waals surface area (Å²) in [5, 5.41) is 4.61. The number of aromatic nitrogens is 2. The van der Waals surface area contributed by atoms with Crippen molar-refractivity contribution in [2.24, 2.45) is 5.41 Å². The zero-order valence-corrected chi connectivity index (χ0v) is 16.6. The normalized spacial score (nSPS) is 11.3. The van der Waals surface area contributed by atoms with Gasteiger partial charge in [0.15, 0.2) is 12.4 Å². The molecule has 0 atom stereocenters. The van der Waals surface area contributed by atoms with Crippen molar-refractivity contribution in [3.05, 3.63) is 71.9 Å². The van der Waals surface area contributed by atoms with Gasteiger partial charge in [-0.05, 0) is 19.1 Å². The minimum Gasteiger partial charge on any atom is -0.454 e. The number of benzene rings is 2. The van der Waals surface area contributed by atoms with Gasteiger partial charge in [-0.1, -0.05) is 68.8 Å². The van der Waals surface area contributed by atoms with Crippen molar-refractivity contribution in [2.45, 2.75) is 27.7 Å². The maximum absolute atomic E-state index is 12.8. The van der Waals surface area contributed by atoms with Crippen molar-refractivity contribution in [1.29, 1.82) is 0 Å². The predicted molar refractivity (Wildman–Crippen MR) is 108 cm³/mol. The highest BCUT2D eigenvalue weighted by molar-refractivity contribution is 5.97. The van der Waals surface area contributed by atoms with Gasteiger partial charge in [0.05, 0.1) is 5.69 Å². The summed E-state index contributed by atoms with van der Waals surface area (Å²) in [6.07, 6.45) is 1.65. The van der Waals surface area contributed by atoms with Gasteiger partial charge >= 0.3 is 5.97 Å². The Morgan fingerprint density at radius 3 is 2.25 bits per heavy atom. The standard InChI is InChI=1S/C23H24N2O3/c1-16-10-12-17(13-11-16)21-19(22(27)28-15-20(26)23(2,3)4)14-25(24-21)18-8-6-5-7-9-18/h5-14H,15H2,1-4H3. The predicted octanol–water partition coefficient (Wildman–Crippen LogP) is 4.62. The Balaban J connectivity index is 1.96. The van der Waals surface area contributed by atoms with E-state index in [1.54, 1.807) is 31.6 Å². The Hall–Kier alpha value is -3.21. The average Bonchev–Trinajstić information content (AvgIpc) is 3.12. The first-order valence-corrected chi connectivity index (χ1v) is 9.18. The van der Waals surface area contributed by atoms with Crippen molar-refractivity contribution >= 4 is 11.8 Å². The molecule has 0 bridgehead atoms. The van der Waals surface area contributed by atoms with E-state index in [1.165, 1.54) is 0 Å². The van der Waals surface area contributed by atoms with Crippen molar-refractivity contribution in [3.63, 3.8) is 0 Å². The van der Waals surface area contributed by atoms with Crippen molar-refractivity contribution in [3.8, 4) is 16.9 Å². The topological polar surface area (TPSA) is 61.2 Å². The number of Topliss-reactive ketones (excluding diaryl/α,β-unsaturated/α-hetero) is 1. The highest BCUT2D eigenvalue weighted by Crippen LogP contribution is 2.25. The van der Waals surface area contributed by atoms with Crippen LogP contribution < -0.4 is 0 Å². The fraction of sp³-hybridized carbons (Fsp3) is 0.261. The fourth-order valence-electron chi connectivity index (χ4n) is 2.59. The zero-order valence-electron chi connectivity index (χ0n) is 16.6. The average molecular weight is 376 g/mol.